The lowest BCUT2D eigenvalue weighted by molar-refractivity contribution is 0.152. The topological polar surface area (TPSA) is 20.2 Å². The molecular weight excluding hydrogens is 240 g/mol. The van der Waals surface area contributed by atoms with Crippen LogP contribution in [0.3, 0.4) is 0 Å². The van der Waals surface area contributed by atoms with E-state index < -0.39 is 0 Å². The lowest BCUT2D eigenvalue weighted by atomic mass is 10.0. The Balaban J connectivity index is 1.87. The molecule has 2 atom stereocenters. The van der Waals surface area contributed by atoms with Crippen LogP contribution < -0.4 is 0 Å². The van der Waals surface area contributed by atoms with Crippen LogP contribution >= 0.6 is 11.8 Å². The number of hydrogen-bond acceptors (Lipinski definition) is 2. The molecule has 108 valence electrons. The summed E-state index contributed by atoms with van der Waals surface area (Å²) in [5.74, 6) is 1.26. The minimum absolute atomic E-state index is 0.0320. The van der Waals surface area contributed by atoms with Crippen molar-refractivity contribution in [2.45, 2.75) is 95.3 Å². The van der Waals surface area contributed by atoms with E-state index in [9.17, 15) is 5.11 Å². The molecule has 0 aromatic carbocycles. The van der Waals surface area contributed by atoms with Crippen LogP contribution in [-0.2, 0) is 0 Å². The molecule has 2 unspecified atom stereocenters. The van der Waals surface area contributed by atoms with Crippen molar-refractivity contribution in [2.75, 3.05) is 5.75 Å². The fourth-order valence-corrected chi connectivity index (χ4v) is 4.11. The van der Waals surface area contributed by atoms with Gasteiger partial charge in [-0.15, -0.1) is 0 Å². The molecule has 1 fully saturated rings. The van der Waals surface area contributed by atoms with Crippen LogP contribution in [0.15, 0.2) is 0 Å². The number of hydrogen-bond donors (Lipinski definition) is 1. The summed E-state index contributed by atoms with van der Waals surface area (Å²) in [5.41, 5.74) is 0. The van der Waals surface area contributed by atoms with Crippen molar-refractivity contribution in [3.05, 3.63) is 0 Å². The summed E-state index contributed by atoms with van der Waals surface area (Å²) in [6.07, 6.45) is 15.8. The lowest BCUT2D eigenvalue weighted by Gasteiger charge is -2.26. The van der Waals surface area contributed by atoms with E-state index in [1.807, 2.05) is 11.8 Å². The van der Waals surface area contributed by atoms with Crippen LogP contribution in [0.1, 0.15) is 84.0 Å². The molecule has 0 aliphatic carbocycles. The van der Waals surface area contributed by atoms with Crippen molar-refractivity contribution in [2.24, 2.45) is 0 Å². The van der Waals surface area contributed by atoms with Crippen molar-refractivity contribution in [1.29, 1.82) is 0 Å². The number of aliphatic hydroxyl groups excluding tert-OH is 1. The van der Waals surface area contributed by atoms with Gasteiger partial charge in [0.2, 0.25) is 0 Å². The first-order valence-electron chi connectivity index (χ1n) is 8.14. The summed E-state index contributed by atoms with van der Waals surface area (Å²) in [6.45, 7) is 2.27. The second-order valence-corrected chi connectivity index (χ2v) is 7.08. The highest BCUT2D eigenvalue weighted by molar-refractivity contribution is 8.00. The molecule has 1 nitrogen and oxygen atoms in total. The molecule has 1 rings (SSSR count). The minimum Gasteiger partial charge on any atom is -0.392 e. The highest BCUT2D eigenvalue weighted by Gasteiger charge is 2.21. The largest absolute Gasteiger partial charge is 0.392 e. The van der Waals surface area contributed by atoms with Crippen LogP contribution in [0.5, 0.6) is 0 Å². The summed E-state index contributed by atoms with van der Waals surface area (Å²) in [7, 11) is 0. The maximum atomic E-state index is 10.1. The van der Waals surface area contributed by atoms with Gasteiger partial charge in [0.25, 0.3) is 0 Å². The van der Waals surface area contributed by atoms with Crippen LogP contribution in [-0.4, -0.2) is 22.2 Å². The van der Waals surface area contributed by atoms with Crippen LogP contribution in [0, 0.1) is 0 Å². The average molecular weight is 272 g/mol. The Bertz CT molecular complexity index is 178. The molecule has 1 saturated heterocycles. The maximum Gasteiger partial charge on any atom is 0.0658 e. The van der Waals surface area contributed by atoms with Gasteiger partial charge >= 0.3 is 0 Å². The quantitative estimate of drug-likeness (QED) is 0.554. The normalized spacial score (nSPS) is 22.0. The SMILES string of the molecule is CCCCCCCCCCC(O)C1CCCCS1. The highest BCUT2D eigenvalue weighted by atomic mass is 32.2. The van der Waals surface area contributed by atoms with Crippen molar-refractivity contribution >= 4 is 11.8 Å². The highest BCUT2D eigenvalue weighted by Crippen LogP contribution is 2.29. The molecule has 1 N–H and O–H groups in total. The molecule has 0 saturated carbocycles. The van der Waals surface area contributed by atoms with Crippen molar-refractivity contribution in [3.8, 4) is 0 Å². The molecule has 18 heavy (non-hydrogen) atoms. The molecule has 0 radical (unpaired) electrons. The van der Waals surface area contributed by atoms with Crippen molar-refractivity contribution < 1.29 is 5.11 Å². The predicted molar refractivity (Wildman–Crippen MR) is 83.3 cm³/mol. The van der Waals surface area contributed by atoms with Gasteiger partial charge in [0, 0.05) is 5.25 Å². The standard InChI is InChI=1S/C16H32OS/c1-2-3-4-5-6-7-8-9-12-15(17)16-13-10-11-14-18-16/h15-17H,2-14H2,1H3. The van der Waals surface area contributed by atoms with E-state index >= 15 is 0 Å². The van der Waals surface area contributed by atoms with E-state index in [0.29, 0.717) is 5.25 Å². The third-order valence-corrected chi connectivity index (χ3v) is 5.50. The zero-order valence-corrected chi connectivity index (χ0v) is 13.0. The molecule has 2 heteroatoms. The molecule has 1 aliphatic rings. The first-order chi connectivity index (χ1) is 8.84. The number of rotatable bonds is 10. The maximum absolute atomic E-state index is 10.1. The fourth-order valence-electron chi connectivity index (χ4n) is 2.74. The van der Waals surface area contributed by atoms with Gasteiger partial charge in [0.15, 0.2) is 0 Å². The van der Waals surface area contributed by atoms with Gasteiger partial charge in [-0.2, -0.15) is 11.8 Å². The number of unbranched alkanes of at least 4 members (excludes halogenated alkanes) is 7. The summed E-state index contributed by atoms with van der Waals surface area (Å²) >= 11 is 2.00. The fraction of sp³-hybridized carbons (Fsp3) is 1.00. The zero-order valence-electron chi connectivity index (χ0n) is 12.2. The van der Waals surface area contributed by atoms with Gasteiger partial charge < -0.3 is 5.11 Å². The van der Waals surface area contributed by atoms with Gasteiger partial charge in [-0.1, -0.05) is 64.7 Å². The molecule has 0 aromatic rings. The van der Waals surface area contributed by atoms with Gasteiger partial charge in [-0.05, 0) is 25.0 Å². The van der Waals surface area contributed by atoms with Gasteiger partial charge in [-0.3, -0.25) is 0 Å². The first kappa shape index (κ1) is 16.4. The summed E-state index contributed by atoms with van der Waals surface area (Å²) < 4.78 is 0. The average Bonchev–Trinajstić information content (AvgIpc) is 2.42. The lowest BCUT2D eigenvalue weighted by Crippen LogP contribution is -2.25. The Morgan fingerprint density at radius 1 is 1.00 bits per heavy atom. The number of thioether (sulfide) groups is 1. The van der Waals surface area contributed by atoms with E-state index in [1.165, 1.54) is 76.4 Å². The van der Waals surface area contributed by atoms with Crippen LogP contribution in [0.2, 0.25) is 0 Å². The Hall–Kier alpha value is 0.310. The molecule has 0 spiro atoms. The Labute approximate surface area is 118 Å². The Morgan fingerprint density at radius 3 is 2.28 bits per heavy atom. The third-order valence-electron chi connectivity index (χ3n) is 4.00. The second kappa shape index (κ2) is 11.2. The second-order valence-electron chi connectivity index (χ2n) is 5.74. The van der Waals surface area contributed by atoms with Gasteiger partial charge in [-0.25, -0.2) is 0 Å². The van der Waals surface area contributed by atoms with Crippen LogP contribution in [0.4, 0.5) is 0 Å². The van der Waals surface area contributed by atoms with Crippen LogP contribution in [0.25, 0.3) is 0 Å². The van der Waals surface area contributed by atoms with E-state index in [2.05, 4.69) is 6.92 Å². The van der Waals surface area contributed by atoms with Gasteiger partial charge in [0.05, 0.1) is 6.10 Å². The smallest absolute Gasteiger partial charge is 0.0658 e. The number of aliphatic hydroxyl groups is 1. The molecule has 0 amide bonds. The van der Waals surface area contributed by atoms with E-state index in [0.717, 1.165) is 6.42 Å². The van der Waals surface area contributed by atoms with Crippen molar-refractivity contribution in [1.82, 2.24) is 0 Å². The first-order valence-corrected chi connectivity index (χ1v) is 9.19. The minimum atomic E-state index is -0.0320. The molecule has 1 heterocycles. The van der Waals surface area contributed by atoms with E-state index in [-0.39, 0.29) is 6.10 Å². The summed E-state index contributed by atoms with van der Waals surface area (Å²) in [4.78, 5) is 0. The van der Waals surface area contributed by atoms with Gasteiger partial charge in [0.1, 0.15) is 0 Å². The zero-order chi connectivity index (χ0) is 13.1. The molecule has 0 aromatic heterocycles. The Kier molecular flexibility index (Phi) is 10.1. The van der Waals surface area contributed by atoms with E-state index in [4.69, 9.17) is 0 Å². The molecule has 0 bridgehead atoms. The van der Waals surface area contributed by atoms with Crippen molar-refractivity contribution in [3.63, 3.8) is 0 Å². The molecule has 1 aliphatic heterocycles. The van der Waals surface area contributed by atoms with E-state index in [1.54, 1.807) is 0 Å². The molecular formula is C16H32OS. The summed E-state index contributed by atoms with van der Waals surface area (Å²) in [5, 5.41) is 10.7. The Morgan fingerprint density at radius 2 is 1.67 bits per heavy atom. The third kappa shape index (κ3) is 7.68. The monoisotopic (exact) mass is 272 g/mol. The predicted octanol–water partition coefficient (Wildman–Crippen LogP) is 5.16. The summed E-state index contributed by atoms with van der Waals surface area (Å²) in [6, 6.07) is 0.